The Balaban J connectivity index is 1.69. The van der Waals surface area contributed by atoms with Crippen molar-refractivity contribution in [1.82, 2.24) is 25.0 Å². The zero-order valence-electron chi connectivity index (χ0n) is 16.6. The number of hydrogen-bond acceptors (Lipinski definition) is 7. The largest absolute Gasteiger partial charge is 0.357 e. The predicted octanol–water partition coefficient (Wildman–Crippen LogP) is 1.25. The van der Waals surface area contributed by atoms with Crippen LogP contribution in [0.3, 0.4) is 0 Å². The molecule has 9 nitrogen and oxygen atoms in total. The number of rotatable bonds is 6. The third-order valence-electron chi connectivity index (χ3n) is 4.54. The zero-order valence-corrected chi connectivity index (χ0v) is 16.6. The third kappa shape index (κ3) is 4.83. The summed E-state index contributed by atoms with van der Waals surface area (Å²) in [6, 6.07) is 5.95. The van der Waals surface area contributed by atoms with Gasteiger partial charge in [0.15, 0.2) is 5.82 Å². The lowest BCUT2D eigenvalue weighted by Crippen LogP contribution is -2.42. The van der Waals surface area contributed by atoms with E-state index in [0.29, 0.717) is 42.5 Å². The fraction of sp³-hybridized carbons (Fsp3) is 0.300. The van der Waals surface area contributed by atoms with E-state index < -0.39 is 11.9 Å². The van der Waals surface area contributed by atoms with Gasteiger partial charge in [0.2, 0.25) is 11.9 Å². The van der Waals surface area contributed by atoms with Crippen molar-refractivity contribution in [3.8, 4) is 11.3 Å². The van der Waals surface area contributed by atoms with Crippen molar-refractivity contribution in [2.45, 2.75) is 12.8 Å². The fourth-order valence-corrected chi connectivity index (χ4v) is 3.09. The van der Waals surface area contributed by atoms with Gasteiger partial charge in [-0.2, -0.15) is 4.39 Å². The van der Waals surface area contributed by atoms with E-state index in [4.69, 9.17) is 0 Å². The lowest BCUT2D eigenvalue weighted by Gasteiger charge is -2.32. The Morgan fingerprint density at radius 3 is 2.63 bits per heavy atom. The molecule has 30 heavy (non-hydrogen) atoms. The van der Waals surface area contributed by atoms with Gasteiger partial charge in [0.05, 0.1) is 12.2 Å². The van der Waals surface area contributed by atoms with Crippen LogP contribution in [0.1, 0.15) is 12.8 Å². The average Bonchev–Trinajstić information content (AvgIpc) is 2.74. The molecule has 0 saturated carbocycles. The summed E-state index contributed by atoms with van der Waals surface area (Å²) in [5.41, 5.74) is 1.72. The SMILES string of the molecule is CN(C)C(=O)C1=C(C=O)CCCN1CC(=O)Nc1ccc(-c2ccc(F)nc2)nn1. The number of nitrogens with one attached hydrogen (secondary N) is 1. The Hall–Kier alpha value is -3.69. The molecule has 2 amide bonds. The van der Waals surface area contributed by atoms with Gasteiger partial charge < -0.3 is 15.1 Å². The van der Waals surface area contributed by atoms with E-state index in [2.05, 4.69) is 20.5 Å². The number of hydrogen-bond donors (Lipinski definition) is 1. The highest BCUT2D eigenvalue weighted by Crippen LogP contribution is 2.22. The van der Waals surface area contributed by atoms with Crippen LogP contribution in [0.25, 0.3) is 11.3 Å². The summed E-state index contributed by atoms with van der Waals surface area (Å²) in [5.74, 6) is -1.07. The second kappa shape index (κ2) is 9.21. The number of anilines is 1. The molecular weight excluding hydrogens is 391 g/mol. The number of likely N-dealkylation sites (N-methyl/N-ethyl adjacent to an activating group) is 1. The van der Waals surface area contributed by atoms with Crippen LogP contribution in [-0.2, 0) is 14.4 Å². The molecule has 156 valence electrons. The maximum absolute atomic E-state index is 12.9. The monoisotopic (exact) mass is 412 g/mol. The van der Waals surface area contributed by atoms with Crippen LogP contribution < -0.4 is 5.32 Å². The Morgan fingerprint density at radius 1 is 1.23 bits per heavy atom. The number of carbonyl (C=O) groups is 3. The number of aldehydes is 1. The topological polar surface area (TPSA) is 108 Å². The highest BCUT2D eigenvalue weighted by atomic mass is 19.1. The molecule has 0 bridgehead atoms. The van der Waals surface area contributed by atoms with Crippen molar-refractivity contribution in [2.75, 3.05) is 32.5 Å². The molecule has 10 heteroatoms. The average molecular weight is 412 g/mol. The Kier molecular flexibility index (Phi) is 6.45. The van der Waals surface area contributed by atoms with Gasteiger partial charge in [-0.15, -0.1) is 10.2 Å². The standard InChI is InChI=1S/C20H21FN6O3/c1-26(2)20(30)19-14(12-28)4-3-9-27(19)11-18(29)23-17-8-6-15(24-25-17)13-5-7-16(21)22-10-13/h5-8,10,12H,3-4,9,11H2,1-2H3,(H,23,25,29). The van der Waals surface area contributed by atoms with E-state index in [1.165, 1.54) is 23.2 Å². The zero-order chi connectivity index (χ0) is 21.7. The number of aromatic nitrogens is 3. The smallest absolute Gasteiger partial charge is 0.270 e. The van der Waals surface area contributed by atoms with Gasteiger partial charge in [-0.1, -0.05) is 0 Å². The van der Waals surface area contributed by atoms with Crippen LogP contribution in [0.15, 0.2) is 41.7 Å². The Bertz CT molecular complexity index is 973. The van der Waals surface area contributed by atoms with E-state index in [9.17, 15) is 18.8 Å². The van der Waals surface area contributed by atoms with Crippen LogP contribution in [0, 0.1) is 5.95 Å². The summed E-state index contributed by atoms with van der Waals surface area (Å²) in [4.78, 5) is 42.9. The molecule has 3 heterocycles. The minimum absolute atomic E-state index is 0.0996. The number of pyridine rings is 1. The van der Waals surface area contributed by atoms with Crippen molar-refractivity contribution in [2.24, 2.45) is 0 Å². The first kappa shape index (κ1) is 21.0. The van der Waals surface area contributed by atoms with Gasteiger partial charge in [-0.3, -0.25) is 14.4 Å². The van der Waals surface area contributed by atoms with Crippen molar-refractivity contribution in [1.29, 1.82) is 0 Å². The Labute approximate surface area is 172 Å². The van der Waals surface area contributed by atoms with Crippen molar-refractivity contribution in [3.05, 3.63) is 47.7 Å². The quantitative estimate of drug-likeness (QED) is 0.562. The molecule has 0 aromatic carbocycles. The summed E-state index contributed by atoms with van der Waals surface area (Å²) >= 11 is 0. The number of nitrogens with zero attached hydrogens (tertiary/aromatic N) is 5. The highest BCUT2D eigenvalue weighted by Gasteiger charge is 2.28. The lowest BCUT2D eigenvalue weighted by atomic mass is 10.0. The van der Waals surface area contributed by atoms with Gasteiger partial charge in [0, 0.05) is 38.0 Å². The molecule has 0 aliphatic carbocycles. The molecule has 0 spiro atoms. The van der Waals surface area contributed by atoms with Gasteiger partial charge in [-0.05, 0) is 37.1 Å². The normalized spacial score (nSPS) is 13.8. The molecule has 0 fully saturated rings. The molecule has 1 aliphatic rings. The Morgan fingerprint density at radius 2 is 2.03 bits per heavy atom. The maximum Gasteiger partial charge on any atom is 0.270 e. The highest BCUT2D eigenvalue weighted by molar-refractivity contribution is 5.99. The number of amides is 2. The maximum atomic E-state index is 12.9. The first-order valence-corrected chi connectivity index (χ1v) is 9.29. The van der Waals surface area contributed by atoms with Crippen LogP contribution in [0.5, 0.6) is 0 Å². The van der Waals surface area contributed by atoms with Crippen molar-refractivity contribution >= 4 is 23.9 Å². The summed E-state index contributed by atoms with van der Waals surface area (Å²) < 4.78 is 12.9. The first-order chi connectivity index (χ1) is 14.4. The molecule has 2 aromatic rings. The minimum Gasteiger partial charge on any atom is -0.357 e. The van der Waals surface area contributed by atoms with Crippen LogP contribution in [0.2, 0.25) is 0 Å². The summed E-state index contributed by atoms with van der Waals surface area (Å²) in [5, 5.41) is 10.6. The van der Waals surface area contributed by atoms with Crippen molar-refractivity contribution in [3.63, 3.8) is 0 Å². The van der Waals surface area contributed by atoms with Gasteiger partial charge in [0.1, 0.15) is 12.0 Å². The van der Waals surface area contributed by atoms with E-state index in [1.807, 2.05) is 0 Å². The summed E-state index contributed by atoms with van der Waals surface area (Å²) in [6.07, 6.45) is 3.19. The van der Waals surface area contributed by atoms with Gasteiger partial charge in [0.25, 0.3) is 5.91 Å². The number of carbonyl (C=O) groups excluding carboxylic acids is 3. The van der Waals surface area contributed by atoms with Crippen LogP contribution in [-0.4, -0.2) is 70.3 Å². The second-order valence-electron chi connectivity index (χ2n) is 6.94. The summed E-state index contributed by atoms with van der Waals surface area (Å²) in [7, 11) is 3.19. The van der Waals surface area contributed by atoms with Crippen LogP contribution >= 0.6 is 0 Å². The molecule has 1 aliphatic heterocycles. The van der Waals surface area contributed by atoms with Gasteiger partial charge >= 0.3 is 0 Å². The van der Waals surface area contributed by atoms with Crippen LogP contribution in [0.4, 0.5) is 10.2 Å². The fourth-order valence-electron chi connectivity index (χ4n) is 3.09. The van der Waals surface area contributed by atoms with E-state index in [1.54, 1.807) is 31.1 Å². The van der Waals surface area contributed by atoms with Crippen molar-refractivity contribution < 1.29 is 18.8 Å². The molecule has 2 aromatic heterocycles. The van der Waals surface area contributed by atoms with E-state index in [-0.39, 0.29) is 24.0 Å². The van der Waals surface area contributed by atoms with E-state index in [0.717, 1.165) is 0 Å². The molecular formula is C20H21FN6O3. The molecule has 1 N–H and O–H groups in total. The molecule has 0 saturated heterocycles. The van der Waals surface area contributed by atoms with Gasteiger partial charge in [-0.25, -0.2) is 4.98 Å². The molecule has 0 radical (unpaired) electrons. The summed E-state index contributed by atoms with van der Waals surface area (Å²) in [6.45, 7) is 0.388. The second-order valence-corrected chi connectivity index (χ2v) is 6.94. The minimum atomic E-state index is -0.591. The molecule has 0 atom stereocenters. The molecule has 0 unspecified atom stereocenters. The van der Waals surface area contributed by atoms with E-state index >= 15 is 0 Å². The first-order valence-electron chi connectivity index (χ1n) is 9.29. The number of halogens is 1. The lowest BCUT2D eigenvalue weighted by molar-refractivity contribution is -0.127. The molecule has 3 rings (SSSR count). The number of allylic oxidation sites excluding steroid dienone is 1. The third-order valence-corrected chi connectivity index (χ3v) is 4.54. The predicted molar refractivity (Wildman–Crippen MR) is 106 cm³/mol.